The van der Waals surface area contributed by atoms with Crippen LogP contribution >= 0.6 is 35.1 Å². The van der Waals surface area contributed by atoms with Crippen molar-refractivity contribution in [3.8, 4) is 5.75 Å². The number of benzene rings is 2. The number of hydrogen-bond acceptors (Lipinski definition) is 4. The quantitative estimate of drug-likeness (QED) is 0.743. The van der Waals surface area contributed by atoms with Crippen LogP contribution in [0, 0.1) is 0 Å². The molecule has 25 heavy (non-hydrogen) atoms. The van der Waals surface area contributed by atoms with Crippen molar-refractivity contribution < 1.29 is 9.53 Å². The molecule has 1 saturated heterocycles. The number of hydrogen-bond donors (Lipinski definition) is 1. The minimum atomic E-state index is -0.154. The topological polar surface area (TPSA) is 38.3 Å². The van der Waals surface area contributed by atoms with Gasteiger partial charge in [-0.25, -0.2) is 0 Å². The lowest BCUT2D eigenvalue weighted by molar-refractivity contribution is -0.123. The van der Waals surface area contributed by atoms with Gasteiger partial charge < -0.3 is 10.1 Å². The third-order valence-electron chi connectivity index (χ3n) is 3.87. The fourth-order valence-corrected chi connectivity index (χ4v) is 5.62. The van der Waals surface area contributed by atoms with Crippen molar-refractivity contribution in [3.05, 3.63) is 64.7 Å². The fourth-order valence-electron chi connectivity index (χ4n) is 2.56. The van der Waals surface area contributed by atoms with E-state index in [0.717, 1.165) is 5.56 Å². The van der Waals surface area contributed by atoms with Gasteiger partial charge in [0.05, 0.1) is 10.6 Å². The number of thioether (sulfide) groups is 2. The van der Waals surface area contributed by atoms with Crippen molar-refractivity contribution >= 4 is 41.0 Å². The van der Waals surface area contributed by atoms with Crippen LogP contribution in [0.4, 0.5) is 0 Å². The third-order valence-corrected chi connectivity index (χ3v) is 7.21. The SMILES string of the molecule is C[C@@H](NC(=O)COc1ccc(C2SCCS2)cc1)c1cccc(Cl)c1. The highest BCUT2D eigenvalue weighted by atomic mass is 35.5. The molecule has 3 nitrogen and oxygen atoms in total. The Balaban J connectivity index is 1.48. The Kier molecular flexibility index (Phi) is 6.57. The van der Waals surface area contributed by atoms with Crippen LogP contribution in [-0.4, -0.2) is 24.0 Å². The van der Waals surface area contributed by atoms with Crippen molar-refractivity contribution in [2.75, 3.05) is 18.1 Å². The van der Waals surface area contributed by atoms with Crippen LogP contribution in [0.25, 0.3) is 0 Å². The van der Waals surface area contributed by atoms with E-state index in [2.05, 4.69) is 17.4 Å². The summed E-state index contributed by atoms with van der Waals surface area (Å²) in [4.78, 5) is 12.1. The standard InChI is InChI=1S/C19H20ClNO2S2/c1-13(15-3-2-4-16(20)11-15)21-18(22)12-23-17-7-5-14(6-8-17)19-24-9-10-25-19/h2-8,11,13,19H,9-10,12H2,1H3,(H,21,22)/t13-/m1/s1. The lowest BCUT2D eigenvalue weighted by atomic mass is 10.1. The average molecular weight is 394 g/mol. The van der Waals surface area contributed by atoms with Crippen LogP contribution in [0.2, 0.25) is 5.02 Å². The summed E-state index contributed by atoms with van der Waals surface area (Å²) in [6, 6.07) is 15.4. The van der Waals surface area contributed by atoms with E-state index in [1.54, 1.807) is 0 Å². The second kappa shape index (κ2) is 8.88. The van der Waals surface area contributed by atoms with Gasteiger partial charge in [0.2, 0.25) is 0 Å². The Hall–Kier alpha value is -1.30. The molecule has 2 aromatic rings. The molecular weight excluding hydrogens is 374 g/mol. The molecule has 1 fully saturated rings. The fraction of sp³-hybridized carbons (Fsp3) is 0.316. The molecular formula is C19H20ClNO2S2. The molecule has 0 unspecified atom stereocenters. The number of halogens is 1. The van der Waals surface area contributed by atoms with Gasteiger partial charge in [-0.2, -0.15) is 0 Å². The molecule has 0 saturated carbocycles. The maximum Gasteiger partial charge on any atom is 0.258 e. The van der Waals surface area contributed by atoms with Gasteiger partial charge in [-0.1, -0.05) is 35.9 Å². The number of nitrogens with one attached hydrogen (secondary N) is 1. The smallest absolute Gasteiger partial charge is 0.258 e. The molecule has 1 N–H and O–H groups in total. The second-order valence-electron chi connectivity index (χ2n) is 5.78. The predicted octanol–water partition coefficient (Wildman–Crippen LogP) is 5.07. The molecule has 1 amide bonds. The van der Waals surface area contributed by atoms with Crippen LogP contribution in [0.5, 0.6) is 5.75 Å². The normalized spacial score (nSPS) is 15.8. The van der Waals surface area contributed by atoms with Gasteiger partial charge >= 0.3 is 0 Å². The van der Waals surface area contributed by atoms with E-state index in [4.69, 9.17) is 16.3 Å². The molecule has 3 rings (SSSR count). The lowest BCUT2D eigenvalue weighted by Gasteiger charge is -2.15. The third kappa shape index (κ3) is 5.33. The zero-order valence-corrected chi connectivity index (χ0v) is 16.3. The van der Waals surface area contributed by atoms with Crippen molar-refractivity contribution in [2.24, 2.45) is 0 Å². The average Bonchev–Trinajstić information content (AvgIpc) is 3.15. The molecule has 0 radical (unpaired) electrons. The molecule has 2 aromatic carbocycles. The van der Waals surface area contributed by atoms with E-state index in [-0.39, 0.29) is 18.6 Å². The Labute approximate surface area is 161 Å². The van der Waals surface area contributed by atoms with E-state index in [1.165, 1.54) is 17.1 Å². The van der Waals surface area contributed by atoms with Gasteiger partial charge in [-0.3, -0.25) is 4.79 Å². The molecule has 1 aliphatic heterocycles. The van der Waals surface area contributed by atoms with Gasteiger partial charge in [-0.15, -0.1) is 23.5 Å². The first-order valence-electron chi connectivity index (χ1n) is 8.12. The predicted molar refractivity (Wildman–Crippen MR) is 108 cm³/mol. The first-order chi connectivity index (χ1) is 12.1. The summed E-state index contributed by atoms with van der Waals surface area (Å²) >= 11 is 9.93. The summed E-state index contributed by atoms with van der Waals surface area (Å²) in [6.45, 7) is 1.92. The molecule has 0 aromatic heterocycles. The molecule has 132 valence electrons. The molecule has 1 aliphatic rings. The Morgan fingerprint density at radius 3 is 2.64 bits per heavy atom. The van der Waals surface area contributed by atoms with Crippen molar-refractivity contribution in [1.29, 1.82) is 0 Å². The number of amides is 1. The monoisotopic (exact) mass is 393 g/mol. The number of carbonyl (C=O) groups is 1. The zero-order chi connectivity index (χ0) is 17.6. The summed E-state index contributed by atoms with van der Waals surface area (Å²) in [6.07, 6.45) is 0. The van der Waals surface area contributed by atoms with Crippen LogP contribution in [-0.2, 0) is 4.79 Å². The van der Waals surface area contributed by atoms with Crippen LogP contribution in [0.3, 0.4) is 0 Å². The van der Waals surface area contributed by atoms with E-state index in [9.17, 15) is 4.79 Å². The van der Waals surface area contributed by atoms with Gasteiger partial charge in [0.1, 0.15) is 5.75 Å². The molecule has 0 bridgehead atoms. The highest BCUT2D eigenvalue weighted by molar-refractivity contribution is 8.19. The van der Waals surface area contributed by atoms with E-state index in [0.29, 0.717) is 15.4 Å². The second-order valence-corrected chi connectivity index (χ2v) is 8.94. The summed E-state index contributed by atoms with van der Waals surface area (Å²) < 4.78 is 6.12. The first kappa shape index (κ1) is 18.5. The Morgan fingerprint density at radius 2 is 1.96 bits per heavy atom. The minimum Gasteiger partial charge on any atom is -0.484 e. The molecule has 6 heteroatoms. The zero-order valence-electron chi connectivity index (χ0n) is 13.9. The molecule has 1 atom stereocenters. The van der Waals surface area contributed by atoms with Gasteiger partial charge in [-0.05, 0) is 42.3 Å². The summed E-state index contributed by atoms with van der Waals surface area (Å²) in [7, 11) is 0. The van der Waals surface area contributed by atoms with E-state index >= 15 is 0 Å². The maximum absolute atomic E-state index is 12.1. The van der Waals surface area contributed by atoms with Crippen molar-refractivity contribution in [2.45, 2.75) is 17.5 Å². The highest BCUT2D eigenvalue weighted by Crippen LogP contribution is 2.45. The van der Waals surface area contributed by atoms with Crippen molar-refractivity contribution in [1.82, 2.24) is 5.32 Å². The summed E-state index contributed by atoms with van der Waals surface area (Å²) in [5, 5.41) is 3.58. The Bertz CT molecular complexity index is 718. The van der Waals surface area contributed by atoms with E-state index in [1.807, 2.05) is 66.8 Å². The molecule has 0 spiro atoms. The summed E-state index contributed by atoms with van der Waals surface area (Å²) in [5.41, 5.74) is 2.27. The number of ether oxygens (including phenoxy) is 1. The first-order valence-corrected chi connectivity index (χ1v) is 10.6. The van der Waals surface area contributed by atoms with Gasteiger partial charge in [0.25, 0.3) is 5.91 Å². The number of carbonyl (C=O) groups excluding carboxylic acids is 1. The summed E-state index contributed by atoms with van der Waals surface area (Å²) in [5.74, 6) is 2.97. The molecule has 0 aliphatic carbocycles. The largest absolute Gasteiger partial charge is 0.484 e. The van der Waals surface area contributed by atoms with Crippen LogP contribution in [0.15, 0.2) is 48.5 Å². The van der Waals surface area contributed by atoms with Gasteiger partial charge in [0, 0.05) is 16.5 Å². The maximum atomic E-state index is 12.1. The molecule has 1 heterocycles. The van der Waals surface area contributed by atoms with Crippen LogP contribution < -0.4 is 10.1 Å². The Morgan fingerprint density at radius 1 is 1.24 bits per heavy atom. The van der Waals surface area contributed by atoms with Crippen molar-refractivity contribution in [3.63, 3.8) is 0 Å². The van der Waals surface area contributed by atoms with Crippen LogP contribution in [0.1, 0.15) is 28.7 Å². The number of rotatable bonds is 6. The lowest BCUT2D eigenvalue weighted by Crippen LogP contribution is -2.31. The highest BCUT2D eigenvalue weighted by Gasteiger charge is 2.18. The minimum absolute atomic E-state index is 0.00280. The van der Waals surface area contributed by atoms with Gasteiger partial charge in [0.15, 0.2) is 6.61 Å². The van der Waals surface area contributed by atoms with E-state index < -0.39 is 0 Å².